The van der Waals surface area contributed by atoms with Gasteiger partial charge in [0.25, 0.3) is 0 Å². The van der Waals surface area contributed by atoms with E-state index in [1.165, 1.54) is 18.3 Å². The molecule has 45 heavy (non-hydrogen) atoms. The zero-order chi connectivity index (χ0) is 32.0. The highest BCUT2D eigenvalue weighted by molar-refractivity contribution is 7.18. The Kier molecular flexibility index (Phi) is 8.24. The van der Waals surface area contributed by atoms with E-state index in [9.17, 15) is 18.8 Å². The summed E-state index contributed by atoms with van der Waals surface area (Å²) in [5, 5.41) is 13.3. The number of aryl methyl sites for hydroxylation is 2. The van der Waals surface area contributed by atoms with Crippen molar-refractivity contribution in [3.63, 3.8) is 0 Å². The van der Waals surface area contributed by atoms with Gasteiger partial charge in [0.05, 0.1) is 26.9 Å². The van der Waals surface area contributed by atoms with E-state index in [0.717, 1.165) is 30.5 Å². The Morgan fingerprint density at radius 2 is 1.64 bits per heavy atom. The number of amides is 2. The molecule has 12 nitrogen and oxygen atoms in total. The molecule has 0 unspecified atom stereocenters. The number of carbonyl (C=O) groups is 1. The first-order valence-corrected chi connectivity index (χ1v) is 15.4. The van der Waals surface area contributed by atoms with Crippen LogP contribution in [0.4, 0.5) is 30.2 Å². The maximum absolute atomic E-state index is 15.3. The van der Waals surface area contributed by atoms with Crippen molar-refractivity contribution in [2.75, 3.05) is 48.8 Å². The lowest BCUT2D eigenvalue weighted by molar-refractivity contribution is 0.262. The highest BCUT2D eigenvalue weighted by atomic mass is 35.5. The van der Waals surface area contributed by atoms with Crippen molar-refractivity contribution < 1.29 is 13.6 Å². The molecule has 0 radical (unpaired) electrons. The van der Waals surface area contributed by atoms with E-state index in [1.807, 2.05) is 25.8 Å². The topological polar surface area (TPSA) is 130 Å². The average molecular weight is 656 g/mol. The Bertz CT molecular complexity index is 2090. The lowest BCUT2D eigenvalue weighted by atomic mass is 10.2. The summed E-state index contributed by atoms with van der Waals surface area (Å²) in [6.45, 7) is 7.38. The molecular formula is C29H28ClF2N9O3S. The van der Waals surface area contributed by atoms with E-state index in [-0.39, 0.29) is 43.0 Å². The molecule has 2 N–H and O–H groups in total. The van der Waals surface area contributed by atoms with Gasteiger partial charge in [0, 0.05) is 51.7 Å². The Morgan fingerprint density at radius 1 is 0.933 bits per heavy atom. The molecule has 6 rings (SSSR count). The molecule has 1 aliphatic heterocycles. The SMILES string of the molecule is CCn1cc(NC(=O)Nc2nnc(-c3cn(CC)c4nc(N5CCN(C)CC5)c(F)cc4c3=O)s2)c(=O)c2cc(F)c(Cl)cc21. The number of benzene rings is 1. The maximum atomic E-state index is 15.3. The zero-order valence-corrected chi connectivity index (χ0v) is 26.1. The summed E-state index contributed by atoms with van der Waals surface area (Å²) < 4.78 is 32.8. The van der Waals surface area contributed by atoms with Gasteiger partial charge in [-0.1, -0.05) is 22.9 Å². The van der Waals surface area contributed by atoms with E-state index in [1.54, 1.807) is 15.3 Å². The third-order valence-electron chi connectivity index (χ3n) is 7.71. The number of urea groups is 1. The van der Waals surface area contributed by atoms with Crippen molar-refractivity contribution in [1.29, 1.82) is 0 Å². The second-order valence-electron chi connectivity index (χ2n) is 10.5. The van der Waals surface area contributed by atoms with Crippen molar-refractivity contribution >= 4 is 67.5 Å². The predicted molar refractivity (Wildman–Crippen MR) is 172 cm³/mol. The number of nitrogens with one attached hydrogen (secondary N) is 2. The fourth-order valence-corrected chi connectivity index (χ4v) is 6.18. The minimum Gasteiger partial charge on any atom is -0.352 e. The number of hydrogen-bond acceptors (Lipinski definition) is 9. The van der Waals surface area contributed by atoms with Crippen LogP contribution in [0.2, 0.25) is 5.02 Å². The number of hydrogen-bond donors (Lipinski definition) is 2. The fraction of sp³-hybridized carbons (Fsp3) is 0.310. The molecule has 0 atom stereocenters. The summed E-state index contributed by atoms with van der Waals surface area (Å²) in [5.74, 6) is -1.12. The largest absolute Gasteiger partial charge is 0.352 e. The van der Waals surface area contributed by atoms with Gasteiger partial charge < -0.3 is 24.3 Å². The lowest BCUT2D eigenvalue weighted by Crippen LogP contribution is -2.45. The molecule has 1 aromatic carbocycles. The standard InChI is InChI=1S/C29H28ClF2N9O3S/c1-4-39-14-21(24(43)15-10-19(31)18(30)12-22(15)39)33-28(44)35-29-37-36-27(45-29)17-13-40(5-2)25-16(23(17)42)11-20(32)26(34-25)41-8-6-38(3)7-9-41/h10-14H,4-9H2,1-3H3,(H2,33,35,37,44). The monoisotopic (exact) mass is 655 g/mol. The minimum absolute atomic E-state index is 0.0502. The predicted octanol–water partition coefficient (Wildman–Crippen LogP) is 4.60. The maximum Gasteiger partial charge on any atom is 0.325 e. The molecular weight excluding hydrogens is 628 g/mol. The Labute approximate surface area is 263 Å². The number of carbonyl (C=O) groups excluding carboxylic acids is 1. The number of nitrogens with zero attached hydrogens (tertiary/aromatic N) is 7. The highest BCUT2D eigenvalue weighted by Crippen LogP contribution is 2.28. The number of rotatable bonds is 6. The van der Waals surface area contributed by atoms with E-state index >= 15 is 4.39 Å². The van der Waals surface area contributed by atoms with Gasteiger partial charge in [-0.3, -0.25) is 14.9 Å². The molecule has 0 aliphatic carbocycles. The average Bonchev–Trinajstić information content (AvgIpc) is 3.48. The first-order chi connectivity index (χ1) is 21.6. The molecule has 1 saturated heterocycles. The molecule has 2 amide bonds. The third kappa shape index (κ3) is 5.74. The van der Waals surface area contributed by atoms with Crippen molar-refractivity contribution in [3.05, 3.63) is 67.7 Å². The molecule has 4 aromatic heterocycles. The van der Waals surface area contributed by atoms with Crippen LogP contribution >= 0.6 is 22.9 Å². The van der Waals surface area contributed by atoms with Crippen molar-refractivity contribution in [3.8, 4) is 10.6 Å². The third-order valence-corrected chi connectivity index (χ3v) is 8.88. The van der Waals surface area contributed by atoms with Gasteiger partial charge in [0.15, 0.2) is 16.6 Å². The molecule has 1 fully saturated rings. The van der Waals surface area contributed by atoms with Crippen LogP contribution in [0, 0.1) is 11.6 Å². The number of anilines is 3. The van der Waals surface area contributed by atoms with Gasteiger partial charge in [-0.15, -0.1) is 10.2 Å². The first-order valence-electron chi connectivity index (χ1n) is 14.2. The second kappa shape index (κ2) is 12.1. The van der Waals surface area contributed by atoms with Gasteiger partial charge in [-0.2, -0.15) is 0 Å². The van der Waals surface area contributed by atoms with Crippen LogP contribution in [0.25, 0.3) is 32.5 Å². The van der Waals surface area contributed by atoms with Crippen LogP contribution in [-0.2, 0) is 13.1 Å². The summed E-state index contributed by atoms with van der Waals surface area (Å²) in [6, 6.07) is 2.82. The van der Waals surface area contributed by atoms with Crippen LogP contribution in [0.5, 0.6) is 0 Å². The Morgan fingerprint density at radius 3 is 2.36 bits per heavy atom. The molecule has 16 heteroatoms. The fourth-order valence-electron chi connectivity index (χ4n) is 5.28. The summed E-state index contributed by atoms with van der Waals surface area (Å²) in [6.07, 6.45) is 3.04. The Balaban J connectivity index is 1.27. The van der Waals surface area contributed by atoms with Crippen molar-refractivity contribution in [2.24, 2.45) is 0 Å². The number of fused-ring (bicyclic) bond motifs is 2. The molecule has 5 aromatic rings. The molecule has 5 heterocycles. The van der Waals surface area contributed by atoms with E-state index in [4.69, 9.17) is 11.6 Å². The number of pyridine rings is 3. The summed E-state index contributed by atoms with van der Waals surface area (Å²) in [5.41, 5.74) is -0.191. The van der Waals surface area contributed by atoms with Crippen molar-refractivity contribution in [1.82, 2.24) is 29.2 Å². The van der Waals surface area contributed by atoms with Gasteiger partial charge >= 0.3 is 6.03 Å². The number of halogens is 3. The summed E-state index contributed by atoms with van der Waals surface area (Å²) in [7, 11) is 2.01. The van der Waals surface area contributed by atoms with Crippen LogP contribution in [0.1, 0.15) is 13.8 Å². The van der Waals surface area contributed by atoms with Crippen LogP contribution in [0.3, 0.4) is 0 Å². The Hall–Kier alpha value is -4.47. The van der Waals surface area contributed by atoms with E-state index in [0.29, 0.717) is 37.3 Å². The molecule has 0 saturated carbocycles. The summed E-state index contributed by atoms with van der Waals surface area (Å²) >= 11 is 6.84. The van der Waals surface area contributed by atoms with Gasteiger partial charge in [-0.05, 0) is 39.1 Å². The minimum atomic E-state index is -0.793. The molecule has 0 spiro atoms. The normalized spacial score (nSPS) is 14.0. The quantitative estimate of drug-likeness (QED) is 0.272. The highest BCUT2D eigenvalue weighted by Gasteiger charge is 2.23. The van der Waals surface area contributed by atoms with Gasteiger partial charge in [0.1, 0.15) is 17.2 Å². The lowest BCUT2D eigenvalue weighted by Gasteiger charge is -2.33. The number of piperazine rings is 1. The van der Waals surface area contributed by atoms with Gasteiger partial charge in [0.2, 0.25) is 16.0 Å². The smallest absolute Gasteiger partial charge is 0.325 e. The van der Waals surface area contributed by atoms with Crippen molar-refractivity contribution in [2.45, 2.75) is 26.9 Å². The van der Waals surface area contributed by atoms with Crippen LogP contribution < -0.4 is 26.4 Å². The summed E-state index contributed by atoms with van der Waals surface area (Å²) in [4.78, 5) is 48.0. The molecule has 1 aliphatic rings. The molecule has 234 valence electrons. The second-order valence-corrected chi connectivity index (χ2v) is 11.9. The van der Waals surface area contributed by atoms with Crippen LogP contribution in [0.15, 0.2) is 40.2 Å². The van der Waals surface area contributed by atoms with E-state index < -0.39 is 28.5 Å². The van der Waals surface area contributed by atoms with Gasteiger partial charge in [-0.25, -0.2) is 18.6 Å². The van der Waals surface area contributed by atoms with E-state index in [2.05, 4.69) is 30.7 Å². The number of aromatic nitrogens is 5. The van der Waals surface area contributed by atoms with Crippen LogP contribution in [-0.4, -0.2) is 68.5 Å². The molecule has 0 bridgehead atoms. The zero-order valence-electron chi connectivity index (χ0n) is 24.5. The first kappa shape index (κ1) is 30.6. The number of likely N-dealkylation sites (N-methyl/N-ethyl adjacent to an activating group) is 1.